The van der Waals surface area contributed by atoms with Crippen molar-refractivity contribution in [2.45, 2.75) is 25.8 Å². The molecule has 7 rings (SSSR count). The third-order valence-electron chi connectivity index (χ3n) is 7.68. The van der Waals surface area contributed by atoms with E-state index < -0.39 is 5.97 Å². The number of fused-ring (bicyclic) bond motifs is 3. The van der Waals surface area contributed by atoms with Gasteiger partial charge in [-0.25, -0.2) is 9.79 Å². The van der Waals surface area contributed by atoms with Crippen LogP contribution in [0.2, 0.25) is 0 Å². The number of thiazole rings is 1. The molecule has 2 aliphatic rings. The Kier molecular flexibility index (Phi) is 5.75. The molecule has 0 saturated carbocycles. The summed E-state index contributed by atoms with van der Waals surface area (Å²) in [5.41, 5.74) is 8.19. The lowest BCUT2D eigenvalue weighted by molar-refractivity contribution is 0.0697. The molecule has 5 aromatic rings. The maximum atomic E-state index is 13.9. The zero-order chi connectivity index (χ0) is 27.4. The van der Waals surface area contributed by atoms with Crippen LogP contribution in [0.5, 0.6) is 0 Å². The Balaban J connectivity index is 1.38. The van der Waals surface area contributed by atoms with Gasteiger partial charge in [-0.2, -0.15) is 0 Å². The highest BCUT2D eigenvalue weighted by molar-refractivity contribution is 7.07. The van der Waals surface area contributed by atoms with Gasteiger partial charge in [0.1, 0.15) is 5.76 Å². The van der Waals surface area contributed by atoms with Gasteiger partial charge in [0.25, 0.3) is 5.56 Å². The number of aromatic carboxylic acids is 1. The van der Waals surface area contributed by atoms with Crippen molar-refractivity contribution in [2.24, 2.45) is 4.99 Å². The number of aromatic nitrogens is 1. The summed E-state index contributed by atoms with van der Waals surface area (Å²) in [6.45, 7) is 1.93. The molecule has 1 aliphatic carbocycles. The van der Waals surface area contributed by atoms with Crippen LogP contribution in [-0.2, 0) is 6.42 Å². The second-order valence-electron chi connectivity index (χ2n) is 10.1. The van der Waals surface area contributed by atoms with Crippen molar-refractivity contribution in [1.82, 2.24) is 4.57 Å². The molecule has 1 atom stereocenters. The van der Waals surface area contributed by atoms with Crippen LogP contribution < -0.4 is 14.9 Å². The summed E-state index contributed by atoms with van der Waals surface area (Å²) in [7, 11) is 0. The maximum Gasteiger partial charge on any atom is 0.335 e. The van der Waals surface area contributed by atoms with Crippen LogP contribution in [0.4, 0.5) is 0 Å². The van der Waals surface area contributed by atoms with Crippen LogP contribution in [0, 0.1) is 6.92 Å². The lowest BCUT2D eigenvalue weighted by Gasteiger charge is -2.30. The standard InChI is InChI=1S/C33H24N2O4S/c1-19-11-12-22(32(37)38)16-27(19)23-15-24(39-18-23)17-28-31(36)35-30(21-8-3-2-4-9-21)26-14-13-20-7-5-6-10-25(20)29(26)34-33(35)40-28/h2-12,15-18,30H,13-14H2,1H3,(H,37,38)/b28-17-. The Morgan fingerprint density at radius 3 is 2.65 bits per heavy atom. The molecule has 40 heavy (non-hydrogen) atoms. The third-order valence-corrected chi connectivity index (χ3v) is 8.66. The van der Waals surface area contributed by atoms with E-state index in [1.165, 1.54) is 16.9 Å². The fraction of sp³-hybridized carbons (Fsp3) is 0.121. The highest BCUT2D eigenvalue weighted by Gasteiger charge is 2.32. The molecule has 1 N–H and O–H groups in total. The number of allylic oxidation sites excluding steroid dienone is 1. The minimum atomic E-state index is -0.982. The van der Waals surface area contributed by atoms with E-state index in [-0.39, 0.29) is 17.2 Å². The van der Waals surface area contributed by atoms with Crippen molar-refractivity contribution in [2.75, 3.05) is 0 Å². The van der Waals surface area contributed by atoms with Crippen LogP contribution in [-0.4, -0.2) is 15.6 Å². The van der Waals surface area contributed by atoms with Crippen molar-refractivity contribution in [3.05, 3.63) is 144 Å². The second kappa shape index (κ2) is 9.47. The van der Waals surface area contributed by atoms with Crippen LogP contribution >= 0.6 is 11.3 Å². The zero-order valence-corrected chi connectivity index (χ0v) is 22.4. The first-order valence-corrected chi connectivity index (χ1v) is 13.9. The highest BCUT2D eigenvalue weighted by Crippen LogP contribution is 2.41. The smallest absolute Gasteiger partial charge is 0.335 e. The Morgan fingerprint density at radius 2 is 1.82 bits per heavy atom. The Bertz CT molecular complexity index is 2030. The van der Waals surface area contributed by atoms with E-state index in [0.717, 1.165) is 51.9 Å². The number of carboxylic acid groups (broad SMARTS) is 1. The molecule has 0 spiro atoms. The fourth-order valence-electron chi connectivity index (χ4n) is 5.72. The average molecular weight is 545 g/mol. The van der Waals surface area contributed by atoms with E-state index in [9.17, 15) is 14.7 Å². The van der Waals surface area contributed by atoms with E-state index in [2.05, 4.69) is 30.3 Å². The van der Waals surface area contributed by atoms with Gasteiger partial charge in [-0.3, -0.25) is 9.36 Å². The fourth-order valence-corrected chi connectivity index (χ4v) is 6.70. The molecule has 0 fully saturated rings. The molecule has 196 valence electrons. The monoisotopic (exact) mass is 544 g/mol. The molecular weight excluding hydrogens is 520 g/mol. The van der Waals surface area contributed by atoms with Crippen LogP contribution in [0.25, 0.3) is 22.9 Å². The number of hydrogen-bond acceptors (Lipinski definition) is 5. The number of hydrogen-bond donors (Lipinski definition) is 1. The number of carboxylic acids is 1. The normalized spacial score (nSPS) is 16.2. The molecule has 1 aliphatic heterocycles. The molecule has 6 nitrogen and oxygen atoms in total. The van der Waals surface area contributed by atoms with E-state index in [4.69, 9.17) is 9.41 Å². The summed E-state index contributed by atoms with van der Waals surface area (Å²) in [4.78, 5) is 31.1. The lowest BCUT2D eigenvalue weighted by atomic mass is 9.83. The zero-order valence-electron chi connectivity index (χ0n) is 21.6. The van der Waals surface area contributed by atoms with Crippen molar-refractivity contribution < 1.29 is 14.3 Å². The SMILES string of the molecule is Cc1ccc(C(=O)O)cc1-c1coc(/C=c2\sc3n(c2=O)C(c2ccccc2)C2=C(N=3)c3ccccc3CC2)c1. The molecule has 0 amide bonds. The third kappa shape index (κ3) is 3.98. The summed E-state index contributed by atoms with van der Waals surface area (Å²) >= 11 is 1.36. The molecule has 3 aromatic carbocycles. The highest BCUT2D eigenvalue weighted by atomic mass is 32.1. The molecular formula is C33H24N2O4S. The van der Waals surface area contributed by atoms with Crippen LogP contribution in [0.1, 0.15) is 50.8 Å². The number of carbonyl (C=O) groups is 1. The number of benzene rings is 3. The number of rotatable bonds is 4. The van der Waals surface area contributed by atoms with Gasteiger partial charge >= 0.3 is 5.97 Å². The van der Waals surface area contributed by atoms with Gasteiger partial charge in [0, 0.05) is 17.2 Å². The lowest BCUT2D eigenvalue weighted by Crippen LogP contribution is -2.38. The van der Waals surface area contributed by atoms with E-state index in [1.54, 1.807) is 30.5 Å². The summed E-state index contributed by atoms with van der Waals surface area (Å²) < 4.78 is 8.19. The molecule has 7 heteroatoms. The number of nitrogens with zero attached hydrogens (tertiary/aromatic N) is 2. The minimum Gasteiger partial charge on any atom is -0.478 e. The minimum absolute atomic E-state index is 0.106. The van der Waals surface area contributed by atoms with Crippen LogP contribution in [0.15, 0.2) is 105 Å². The van der Waals surface area contributed by atoms with Gasteiger partial charge in [0.05, 0.1) is 28.1 Å². The number of aryl methyl sites for hydroxylation is 2. The molecule has 0 bridgehead atoms. The van der Waals surface area contributed by atoms with Crippen molar-refractivity contribution >= 4 is 29.1 Å². The van der Waals surface area contributed by atoms with Gasteiger partial charge in [-0.1, -0.05) is 72.0 Å². The van der Waals surface area contributed by atoms with Gasteiger partial charge in [0.15, 0.2) is 4.80 Å². The largest absolute Gasteiger partial charge is 0.478 e. The summed E-state index contributed by atoms with van der Waals surface area (Å²) in [5, 5.41) is 9.42. The first-order chi connectivity index (χ1) is 19.5. The van der Waals surface area contributed by atoms with Gasteiger partial charge in [-0.05, 0) is 65.8 Å². The number of furan rings is 1. The quantitative estimate of drug-likeness (QED) is 0.320. The van der Waals surface area contributed by atoms with Crippen molar-refractivity contribution in [1.29, 1.82) is 0 Å². The molecule has 2 aromatic heterocycles. The summed E-state index contributed by atoms with van der Waals surface area (Å²) in [5.74, 6) is -0.463. The maximum absolute atomic E-state index is 13.9. The predicted octanol–water partition coefficient (Wildman–Crippen LogP) is 5.59. The molecule has 1 unspecified atom stereocenters. The summed E-state index contributed by atoms with van der Waals surface area (Å²) in [6, 6.07) is 25.2. The average Bonchev–Trinajstić information content (AvgIpc) is 3.56. The topological polar surface area (TPSA) is 84.8 Å². The van der Waals surface area contributed by atoms with E-state index in [0.29, 0.717) is 15.1 Å². The van der Waals surface area contributed by atoms with Crippen LogP contribution in [0.3, 0.4) is 0 Å². The van der Waals surface area contributed by atoms with E-state index in [1.807, 2.05) is 41.8 Å². The first kappa shape index (κ1) is 24.3. The van der Waals surface area contributed by atoms with Crippen molar-refractivity contribution in [3.8, 4) is 11.1 Å². The van der Waals surface area contributed by atoms with Crippen molar-refractivity contribution in [3.63, 3.8) is 0 Å². The Hall–Kier alpha value is -4.75. The predicted molar refractivity (Wildman–Crippen MR) is 155 cm³/mol. The van der Waals surface area contributed by atoms with Gasteiger partial charge < -0.3 is 9.52 Å². The van der Waals surface area contributed by atoms with E-state index >= 15 is 0 Å². The molecule has 0 radical (unpaired) electrons. The Morgan fingerprint density at radius 1 is 1.02 bits per heavy atom. The molecule has 3 heterocycles. The Labute approximate surface area is 233 Å². The second-order valence-corrected chi connectivity index (χ2v) is 11.1. The first-order valence-electron chi connectivity index (χ1n) is 13.1. The molecule has 0 saturated heterocycles. The summed E-state index contributed by atoms with van der Waals surface area (Å²) in [6.07, 6.45) is 5.10. The van der Waals surface area contributed by atoms with Gasteiger partial charge in [-0.15, -0.1) is 0 Å². The van der Waals surface area contributed by atoms with Gasteiger partial charge in [0.2, 0.25) is 0 Å².